The van der Waals surface area contributed by atoms with Crippen LogP contribution in [0.25, 0.3) is 0 Å². The van der Waals surface area contributed by atoms with E-state index in [0.29, 0.717) is 18.0 Å². The average molecular weight is 202 g/mol. The highest BCUT2D eigenvalue weighted by atomic mass is 35.5. The molecule has 3 N–H and O–H groups in total. The Morgan fingerprint density at radius 1 is 1.69 bits per heavy atom. The van der Waals surface area contributed by atoms with E-state index in [9.17, 15) is 0 Å². The van der Waals surface area contributed by atoms with Crippen molar-refractivity contribution in [3.05, 3.63) is 11.8 Å². The Morgan fingerprint density at radius 3 is 2.77 bits per heavy atom. The molecule has 1 rings (SSSR count). The van der Waals surface area contributed by atoms with Crippen LogP contribution in [0.1, 0.15) is 20.3 Å². The first-order valence-corrected chi connectivity index (χ1v) is 4.88. The Labute approximate surface area is 84.2 Å². The zero-order valence-corrected chi connectivity index (χ0v) is 8.75. The summed E-state index contributed by atoms with van der Waals surface area (Å²) >= 11 is 5.49. The smallest absolute Gasteiger partial charge is 0.0443 e. The van der Waals surface area contributed by atoms with Gasteiger partial charge in [0.05, 0.1) is 0 Å². The molecule has 0 amide bonds. The van der Waals surface area contributed by atoms with E-state index in [1.165, 1.54) is 0 Å². The first kappa shape index (κ1) is 10.5. The number of nitrogens with two attached hydrogens (primary N) is 1. The molecule has 1 saturated carbocycles. The van der Waals surface area contributed by atoms with E-state index in [-0.39, 0.29) is 0 Å². The van der Waals surface area contributed by atoms with Gasteiger partial charge >= 0.3 is 0 Å². The molecule has 3 nitrogen and oxygen atoms in total. The lowest BCUT2D eigenvalue weighted by Crippen LogP contribution is -2.07. The number of hydrogen-bond acceptors (Lipinski definition) is 3. The van der Waals surface area contributed by atoms with Crippen LogP contribution in [0.2, 0.25) is 0 Å². The van der Waals surface area contributed by atoms with Gasteiger partial charge in [0.15, 0.2) is 0 Å². The highest BCUT2D eigenvalue weighted by molar-refractivity contribution is 6.13. The van der Waals surface area contributed by atoms with Gasteiger partial charge in [-0.3, -0.25) is 4.99 Å². The van der Waals surface area contributed by atoms with Crippen LogP contribution < -0.4 is 10.6 Å². The molecule has 0 bridgehead atoms. The molecule has 1 aliphatic rings. The molecule has 0 radical (unpaired) electrons. The molecule has 0 aromatic carbocycles. The van der Waals surface area contributed by atoms with Crippen molar-refractivity contribution in [2.75, 3.05) is 0 Å². The van der Waals surface area contributed by atoms with Gasteiger partial charge < -0.3 is 5.73 Å². The molecule has 0 spiro atoms. The minimum Gasteiger partial charge on any atom is -0.404 e. The van der Waals surface area contributed by atoms with Gasteiger partial charge in [0, 0.05) is 24.2 Å². The average Bonchev–Trinajstić information content (AvgIpc) is 2.84. The van der Waals surface area contributed by atoms with Crippen molar-refractivity contribution in [3.63, 3.8) is 0 Å². The summed E-state index contributed by atoms with van der Waals surface area (Å²) in [4.78, 5) is 6.99. The quantitative estimate of drug-likeness (QED) is 0.534. The lowest BCUT2D eigenvalue weighted by molar-refractivity contribution is 0.834. The molecule has 2 atom stereocenters. The third-order valence-corrected chi connectivity index (χ3v) is 2.35. The molecule has 0 heterocycles. The minimum atomic E-state index is 0.316. The van der Waals surface area contributed by atoms with E-state index in [4.69, 9.17) is 17.5 Å². The number of halogens is 1. The van der Waals surface area contributed by atoms with E-state index < -0.39 is 0 Å². The van der Waals surface area contributed by atoms with Gasteiger partial charge in [0.2, 0.25) is 0 Å². The van der Waals surface area contributed by atoms with E-state index in [1.54, 1.807) is 6.20 Å². The van der Waals surface area contributed by atoms with Crippen molar-refractivity contribution in [3.8, 4) is 0 Å². The zero-order valence-electron chi connectivity index (χ0n) is 8.00. The second-order valence-corrected chi connectivity index (χ2v) is 3.81. The van der Waals surface area contributed by atoms with Crippen LogP contribution in [-0.2, 0) is 0 Å². The molecule has 13 heavy (non-hydrogen) atoms. The first-order chi connectivity index (χ1) is 6.19. The molecule has 0 saturated heterocycles. The SMILES string of the molecule is CC(C)N=CC(=CN)C1CC1NCl. The van der Waals surface area contributed by atoms with E-state index in [2.05, 4.69) is 9.83 Å². The third-order valence-electron chi connectivity index (χ3n) is 2.07. The molecule has 4 heteroatoms. The molecule has 0 aromatic rings. The van der Waals surface area contributed by atoms with Crippen LogP contribution >= 0.6 is 11.8 Å². The normalized spacial score (nSPS) is 28.8. The summed E-state index contributed by atoms with van der Waals surface area (Å²) in [5.41, 5.74) is 6.57. The van der Waals surface area contributed by atoms with E-state index in [0.717, 1.165) is 12.0 Å². The lowest BCUT2D eigenvalue weighted by atomic mass is 10.2. The fourth-order valence-corrected chi connectivity index (χ4v) is 1.42. The van der Waals surface area contributed by atoms with Crippen LogP contribution in [0.3, 0.4) is 0 Å². The van der Waals surface area contributed by atoms with Crippen LogP contribution in [0.4, 0.5) is 0 Å². The second-order valence-electron chi connectivity index (χ2n) is 3.60. The molecule has 1 aliphatic carbocycles. The predicted octanol–water partition coefficient (Wildman–Crippen LogP) is 1.44. The summed E-state index contributed by atoms with van der Waals surface area (Å²) in [7, 11) is 0. The zero-order chi connectivity index (χ0) is 9.84. The summed E-state index contributed by atoms with van der Waals surface area (Å²) < 4.78 is 0. The van der Waals surface area contributed by atoms with Crippen LogP contribution in [0.15, 0.2) is 16.8 Å². The Hall–Kier alpha value is -0.540. The standard InChI is InChI=1S/C9H16ClN3/c1-6(2)12-5-7(4-11)8-3-9(8)13-10/h4-6,8-9,13H,3,11H2,1-2H3. The van der Waals surface area contributed by atoms with E-state index >= 15 is 0 Å². The van der Waals surface area contributed by atoms with E-state index in [1.807, 2.05) is 20.1 Å². The molecule has 2 unspecified atom stereocenters. The Bertz CT molecular complexity index is 223. The van der Waals surface area contributed by atoms with Crippen LogP contribution in [-0.4, -0.2) is 18.3 Å². The molecular formula is C9H16ClN3. The van der Waals surface area contributed by atoms with Gasteiger partial charge in [-0.1, -0.05) is 0 Å². The van der Waals surface area contributed by atoms with Crippen LogP contribution in [0, 0.1) is 5.92 Å². The molecule has 0 aromatic heterocycles. The predicted molar refractivity (Wildman–Crippen MR) is 56.8 cm³/mol. The van der Waals surface area contributed by atoms with Crippen molar-refractivity contribution in [1.29, 1.82) is 0 Å². The number of hydrogen-bond donors (Lipinski definition) is 2. The summed E-state index contributed by atoms with van der Waals surface area (Å²) in [6, 6.07) is 0.686. The van der Waals surface area contributed by atoms with Crippen molar-refractivity contribution in [2.45, 2.75) is 32.4 Å². The fourth-order valence-electron chi connectivity index (χ4n) is 1.18. The molecular weight excluding hydrogens is 186 g/mol. The highest BCUT2D eigenvalue weighted by Gasteiger charge is 2.38. The maximum Gasteiger partial charge on any atom is 0.0443 e. The maximum absolute atomic E-state index is 5.49. The Morgan fingerprint density at radius 2 is 2.38 bits per heavy atom. The fraction of sp³-hybridized carbons (Fsp3) is 0.667. The third kappa shape index (κ3) is 3.01. The van der Waals surface area contributed by atoms with Gasteiger partial charge in [0.25, 0.3) is 0 Å². The first-order valence-electron chi connectivity index (χ1n) is 4.50. The summed E-state index contributed by atoms with van der Waals surface area (Å²) in [6.07, 6.45) is 4.52. The van der Waals surface area contributed by atoms with Gasteiger partial charge in [-0.05, 0) is 43.8 Å². The monoisotopic (exact) mass is 201 g/mol. The van der Waals surface area contributed by atoms with Crippen LogP contribution in [0.5, 0.6) is 0 Å². The molecule has 1 fully saturated rings. The van der Waals surface area contributed by atoms with Crippen molar-refractivity contribution < 1.29 is 0 Å². The topological polar surface area (TPSA) is 50.4 Å². The van der Waals surface area contributed by atoms with Gasteiger partial charge in [-0.25, -0.2) is 4.84 Å². The lowest BCUT2D eigenvalue weighted by Gasteiger charge is -1.99. The number of rotatable bonds is 4. The minimum absolute atomic E-state index is 0.316. The second kappa shape index (κ2) is 4.63. The van der Waals surface area contributed by atoms with Crippen molar-refractivity contribution in [2.24, 2.45) is 16.6 Å². The Balaban J connectivity index is 2.47. The summed E-state index contributed by atoms with van der Waals surface area (Å²) in [5, 5.41) is 0. The van der Waals surface area contributed by atoms with Gasteiger partial charge in [-0.2, -0.15) is 0 Å². The maximum atomic E-state index is 5.49. The number of nitrogens with one attached hydrogen (secondary N) is 1. The largest absolute Gasteiger partial charge is 0.404 e. The van der Waals surface area contributed by atoms with Crippen molar-refractivity contribution >= 4 is 18.0 Å². The molecule has 0 aliphatic heterocycles. The summed E-state index contributed by atoms with van der Waals surface area (Å²) in [6.45, 7) is 4.07. The number of nitrogens with zero attached hydrogens (tertiary/aromatic N) is 1. The molecule has 74 valence electrons. The Kier molecular flexibility index (Phi) is 3.75. The number of aliphatic imine (C=N–C) groups is 1. The van der Waals surface area contributed by atoms with Gasteiger partial charge in [0.1, 0.15) is 0 Å². The van der Waals surface area contributed by atoms with Gasteiger partial charge in [-0.15, -0.1) is 0 Å². The summed E-state index contributed by atoms with van der Waals surface area (Å²) in [5.74, 6) is 0.449. The highest BCUT2D eigenvalue weighted by Crippen LogP contribution is 2.36. The van der Waals surface area contributed by atoms with Crippen molar-refractivity contribution in [1.82, 2.24) is 4.84 Å².